The summed E-state index contributed by atoms with van der Waals surface area (Å²) in [6.45, 7) is 3.34. The van der Waals surface area contributed by atoms with Gasteiger partial charge in [0.15, 0.2) is 0 Å². The molecule has 1 heterocycles. The fraction of sp³-hybridized carbons (Fsp3) is 0.263. The van der Waals surface area contributed by atoms with E-state index >= 15 is 0 Å². The molecule has 0 aliphatic carbocycles. The third-order valence-electron chi connectivity index (χ3n) is 4.31. The second-order valence-electron chi connectivity index (χ2n) is 6.15. The summed E-state index contributed by atoms with van der Waals surface area (Å²) in [6, 6.07) is 15.8. The van der Waals surface area contributed by atoms with Crippen LogP contribution in [-0.4, -0.2) is 54.5 Å². The highest BCUT2D eigenvalue weighted by Gasteiger charge is 2.19. The van der Waals surface area contributed by atoms with Crippen LogP contribution in [0, 0.1) is 0 Å². The number of carbonyl (C=O) groups excluding carboxylic acids is 2. The lowest BCUT2D eigenvalue weighted by molar-refractivity contribution is -0.123. The molecule has 1 saturated heterocycles. The molecule has 0 saturated carbocycles. The molecule has 0 aromatic heterocycles. The van der Waals surface area contributed by atoms with E-state index in [1.165, 1.54) is 0 Å². The van der Waals surface area contributed by atoms with Crippen LogP contribution in [0.25, 0.3) is 0 Å². The van der Waals surface area contributed by atoms with Gasteiger partial charge in [0, 0.05) is 37.4 Å². The van der Waals surface area contributed by atoms with Crippen LogP contribution >= 0.6 is 0 Å². The van der Waals surface area contributed by atoms with Gasteiger partial charge in [-0.2, -0.15) is 0 Å². The summed E-state index contributed by atoms with van der Waals surface area (Å²) < 4.78 is 0. The zero-order valence-electron chi connectivity index (χ0n) is 14.4. The lowest BCUT2D eigenvalue weighted by Crippen LogP contribution is -2.51. The number of anilines is 1. The van der Waals surface area contributed by atoms with Crippen molar-refractivity contribution in [1.82, 2.24) is 15.8 Å². The predicted molar refractivity (Wildman–Crippen MR) is 98.8 cm³/mol. The van der Waals surface area contributed by atoms with Crippen molar-refractivity contribution >= 4 is 17.5 Å². The average Bonchev–Trinajstić information content (AvgIpc) is 2.68. The van der Waals surface area contributed by atoms with Gasteiger partial charge in [-0.3, -0.25) is 25.3 Å². The van der Waals surface area contributed by atoms with Crippen LogP contribution in [0.2, 0.25) is 0 Å². The highest BCUT2D eigenvalue weighted by molar-refractivity contribution is 5.95. The van der Waals surface area contributed by atoms with Gasteiger partial charge >= 0.3 is 0 Å². The van der Waals surface area contributed by atoms with Gasteiger partial charge < -0.3 is 10.0 Å². The van der Waals surface area contributed by atoms with Crippen LogP contribution in [0.1, 0.15) is 10.4 Å². The van der Waals surface area contributed by atoms with Gasteiger partial charge in [-0.25, -0.2) is 0 Å². The molecule has 1 fully saturated rings. The molecule has 7 nitrogen and oxygen atoms in total. The maximum atomic E-state index is 12.0. The van der Waals surface area contributed by atoms with E-state index in [1.54, 1.807) is 36.4 Å². The summed E-state index contributed by atoms with van der Waals surface area (Å²) in [4.78, 5) is 28.2. The maximum Gasteiger partial charge on any atom is 0.269 e. The molecule has 1 aliphatic rings. The Labute approximate surface area is 152 Å². The maximum absolute atomic E-state index is 12.0. The lowest BCUT2D eigenvalue weighted by Gasteiger charge is -2.35. The van der Waals surface area contributed by atoms with Crippen LogP contribution in [0.15, 0.2) is 54.6 Å². The number of amides is 2. The van der Waals surface area contributed by atoms with E-state index in [0.717, 1.165) is 31.9 Å². The van der Waals surface area contributed by atoms with Gasteiger partial charge in [-0.1, -0.05) is 18.2 Å². The van der Waals surface area contributed by atoms with Crippen molar-refractivity contribution in [2.75, 3.05) is 37.6 Å². The summed E-state index contributed by atoms with van der Waals surface area (Å²) >= 11 is 0. The number of aromatic hydroxyl groups is 1. The number of hydrazine groups is 1. The molecule has 0 atom stereocenters. The monoisotopic (exact) mass is 354 g/mol. The second kappa shape index (κ2) is 8.35. The lowest BCUT2D eigenvalue weighted by atomic mass is 10.2. The summed E-state index contributed by atoms with van der Waals surface area (Å²) in [5.74, 6) is -0.329. The zero-order valence-corrected chi connectivity index (χ0v) is 14.4. The van der Waals surface area contributed by atoms with Crippen molar-refractivity contribution in [2.45, 2.75) is 0 Å². The molecule has 2 aromatic rings. The number of rotatable bonds is 4. The van der Waals surface area contributed by atoms with Gasteiger partial charge in [0.05, 0.1) is 6.54 Å². The second-order valence-corrected chi connectivity index (χ2v) is 6.15. The summed E-state index contributed by atoms with van der Waals surface area (Å²) in [6.07, 6.45) is 0. The van der Waals surface area contributed by atoms with Crippen LogP contribution in [-0.2, 0) is 4.79 Å². The Morgan fingerprint density at radius 3 is 2.19 bits per heavy atom. The molecular weight excluding hydrogens is 332 g/mol. The van der Waals surface area contributed by atoms with Crippen LogP contribution in [0.5, 0.6) is 5.75 Å². The van der Waals surface area contributed by atoms with Crippen molar-refractivity contribution in [3.63, 3.8) is 0 Å². The molecule has 0 radical (unpaired) electrons. The zero-order chi connectivity index (χ0) is 18.4. The molecule has 0 unspecified atom stereocenters. The Balaban J connectivity index is 1.40. The van der Waals surface area contributed by atoms with E-state index in [2.05, 4.69) is 15.8 Å². The first kappa shape index (κ1) is 17.8. The van der Waals surface area contributed by atoms with E-state index in [9.17, 15) is 14.7 Å². The van der Waals surface area contributed by atoms with Gasteiger partial charge in [0.2, 0.25) is 0 Å². The highest BCUT2D eigenvalue weighted by atomic mass is 16.3. The van der Waals surface area contributed by atoms with Crippen LogP contribution in [0.3, 0.4) is 0 Å². The number of hydrogen-bond donors (Lipinski definition) is 3. The van der Waals surface area contributed by atoms with E-state index in [1.807, 2.05) is 23.1 Å². The number of piperazine rings is 1. The number of phenols is 1. The average molecular weight is 354 g/mol. The first-order valence-corrected chi connectivity index (χ1v) is 8.52. The van der Waals surface area contributed by atoms with E-state index in [4.69, 9.17) is 0 Å². The molecule has 26 heavy (non-hydrogen) atoms. The van der Waals surface area contributed by atoms with Gasteiger partial charge in [0.25, 0.3) is 11.8 Å². The van der Waals surface area contributed by atoms with E-state index in [0.29, 0.717) is 5.56 Å². The molecule has 0 bridgehead atoms. The Hall–Kier alpha value is -3.06. The summed E-state index contributed by atoms with van der Waals surface area (Å²) in [5, 5.41) is 9.36. The molecule has 2 aromatic carbocycles. The number of nitrogens with zero attached hydrogens (tertiary/aromatic N) is 2. The molecule has 3 N–H and O–H groups in total. The number of nitrogens with one attached hydrogen (secondary N) is 2. The Morgan fingerprint density at radius 2 is 1.54 bits per heavy atom. The number of benzene rings is 2. The van der Waals surface area contributed by atoms with Crippen molar-refractivity contribution in [1.29, 1.82) is 0 Å². The quantitative estimate of drug-likeness (QED) is 0.713. The summed E-state index contributed by atoms with van der Waals surface area (Å²) in [5.41, 5.74) is 6.44. The normalized spacial score (nSPS) is 14.7. The molecule has 0 spiro atoms. The molecule has 1 aliphatic heterocycles. The van der Waals surface area contributed by atoms with Gasteiger partial charge in [0.1, 0.15) is 5.75 Å². The SMILES string of the molecule is O=C(CN1CCN(c2ccc(O)cc2)CC1)NNC(=O)c1ccccc1. The Kier molecular flexibility index (Phi) is 5.70. The van der Waals surface area contributed by atoms with Crippen LogP contribution < -0.4 is 15.8 Å². The minimum Gasteiger partial charge on any atom is -0.508 e. The molecule has 3 rings (SSSR count). The van der Waals surface area contributed by atoms with E-state index < -0.39 is 0 Å². The van der Waals surface area contributed by atoms with E-state index in [-0.39, 0.29) is 24.1 Å². The van der Waals surface area contributed by atoms with Crippen molar-refractivity contribution in [3.05, 3.63) is 60.2 Å². The number of carbonyl (C=O) groups is 2. The first-order valence-electron chi connectivity index (χ1n) is 8.52. The Morgan fingerprint density at radius 1 is 0.885 bits per heavy atom. The molecule has 2 amide bonds. The fourth-order valence-corrected chi connectivity index (χ4v) is 2.86. The summed E-state index contributed by atoms with van der Waals surface area (Å²) in [7, 11) is 0. The molecular formula is C19H22N4O3. The molecule has 7 heteroatoms. The third kappa shape index (κ3) is 4.73. The largest absolute Gasteiger partial charge is 0.508 e. The number of hydrogen-bond acceptors (Lipinski definition) is 5. The fourth-order valence-electron chi connectivity index (χ4n) is 2.86. The first-order chi connectivity index (χ1) is 12.6. The predicted octanol–water partition coefficient (Wildman–Crippen LogP) is 0.975. The minimum absolute atomic E-state index is 0.235. The van der Waals surface area contributed by atoms with Crippen molar-refractivity contribution in [3.8, 4) is 5.75 Å². The van der Waals surface area contributed by atoms with Crippen molar-refractivity contribution < 1.29 is 14.7 Å². The van der Waals surface area contributed by atoms with Gasteiger partial charge in [-0.05, 0) is 36.4 Å². The number of phenolic OH excluding ortho intramolecular Hbond substituents is 1. The van der Waals surface area contributed by atoms with Crippen molar-refractivity contribution in [2.24, 2.45) is 0 Å². The Bertz CT molecular complexity index is 741. The highest BCUT2D eigenvalue weighted by Crippen LogP contribution is 2.19. The van der Waals surface area contributed by atoms with Crippen LogP contribution in [0.4, 0.5) is 5.69 Å². The smallest absolute Gasteiger partial charge is 0.269 e. The third-order valence-corrected chi connectivity index (χ3v) is 4.31. The molecule has 136 valence electrons. The topological polar surface area (TPSA) is 84.9 Å². The van der Waals surface area contributed by atoms with Gasteiger partial charge in [-0.15, -0.1) is 0 Å². The minimum atomic E-state index is -0.337. The standard InChI is InChI=1S/C19H22N4O3/c24-17-8-6-16(7-9-17)23-12-10-22(11-13-23)14-18(25)20-21-19(26)15-4-2-1-3-5-15/h1-9,24H,10-14H2,(H,20,25)(H,21,26).